The zero-order valence-electron chi connectivity index (χ0n) is 8.29. The Morgan fingerprint density at radius 3 is 2.86 bits per heavy atom. The molecule has 0 aliphatic carbocycles. The fraction of sp³-hybridized carbons (Fsp3) is 0.455. The van der Waals surface area contributed by atoms with Crippen LogP contribution in [0, 0.1) is 6.92 Å². The van der Waals surface area contributed by atoms with Gasteiger partial charge in [0.05, 0.1) is 0 Å². The maximum absolute atomic E-state index is 9.82. The third-order valence-corrected chi connectivity index (χ3v) is 2.70. The zero-order valence-corrected chi connectivity index (χ0v) is 9.10. The van der Waals surface area contributed by atoms with Crippen LogP contribution in [-0.4, -0.2) is 11.7 Å². The Kier molecular flexibility index (Phi) is 3.78. The van der Waals surface area contributed by atoms with E-state index in [0.717, 1.165) is 24.1 Å². The molecule has 0 unspecified atom stereocenters. The van der Waals surface area contributed by atoms with Gasteiger partial charge in [-0.25, -0.2) is 0 Å². The molecule has 14 heavy (non-hydrogen) atoms. The van der Waals surface area contributed by atoms with E-state index in [0.29, 0.717) is 11.8 Å². The highest BCUT2D eigenvalue weighted by Crippen LogP contribution is 2.31. The fourth-order valence-corrected chi connectivity index (χ4v) is 1.91. The summed E-state index contributed by atoms with van der Waals surface area (Å²) in [7, 11) is 0. The van der Waals surface area contributed by atoms with E-state index in [9.17, 15) is 5.11 Å². The number of hydrogen-bond donors (Lipinski definition) is 2. The van der Waals surface area contributed by atoms with Gasteiger partial charge in [0.1, 0.15) is 5.75 Å². The Morgan fingerprint density at radius 1 is 1.43 bits per heavy atom. The molecule has 1 aromatic carbocycles. The predicted molar refractivity (Wildman–Crippen MR) is 60.1 cm³/mol. The first-order valence-corrected chi connectivity index (χ1v) is 4.81. The van der Waals surface area contributed by atoms with Crippen LogP contribution in [0.2, 0.25) is 0 Å². The maximum Gasteiger partial charge on any atom is 0.123 e. The maximum atomic E-state index is 9.82. The molecule has 78 valence electrons. The average molecular weight is 214 g/mol. The third-order valence-electron chi connectivity index (χ3n) is 2.70. The van der Waals surface area contributed by atoms with Crippen LogP contribution in [0.15, 0.2) is 18.2 Å². The van der Waals surface area contributed by atoms with Crippen molar-refractivity contribution in [1.82, 2.24) is 5.32 Å². The van der Waals surface area contributed by atoms with Crippen molar-refractivity contribution in [3.8, 4) is 5.75 Å². The first-order chi connectivity index (χ1) is 6.29. The van der Waals surface area contributed by atoms with Crippen molar-refractivity contribution in [2.45, 2.75) is 25.8 Å². The van der Waals surface area contributed by atoms with E-state index < -0.39 is 0 Å². The second kappa shape index (κ2) is 4.67. The lowest BCUT2D eigenvalue weighted by Crippen LogP contribution is -2.13. The lowest BCUT2D eigenvalue weighted by molar-refractivity contribution is 0.453. The molecular weight excluding hydrogens is 198 g/mol. The quantitative estimate of drug-likeness (QED) is 0.752. The highest BCUT2D eigenvalue weighted by Gasteiger charge is 2.19. The summed E-state index contributed by atoms with van der Waals surface area (Å²) in [4.78, 5) is 0. The van der Waals surface area contributed by atoms with Gasteiger partial charge in [-0.05, 0) is 31.9 Å². The molecular formula is C11H16ClNO. The highest BCUT2D eigenvalue weighted by molar-refractivity contribution is 5.85. The number of aromatic hydroxyl groups is 1. The molecule has 2 nitrogen and oxygen atoms in total. The molecule has 2 N–H and O–H groups in total. The molecule has 1 aromatic rings. The Labute approximate surface area is 90.7 Å². The number of rotatable bonds is 1. The van der Waals surface area contributed by atoms with Crippen molar-refractivity contribution in [2.24, 2.45) is 0 Å². The number of halogens is 1. The van der Waals surface area contributed by atoms with Gasteiger partial charge in [-0.15, -0.1) is 12.4 Å². The lowest BCUT2D eigenvalue weighted by Gasteiger charge is -2.13. The summed E-state index contributed by atoms with van der Waals surface area (Å²) in [6, 6.07) is 6.31. The van der Waals surface area contributed by atoms with Gasteiger partial charge in [0.25, 0.3) is 0 Å². The molecule has 1 aliphatic rings. The first-order valence-electron chi connectivity index (χ1n) is 4.81. The number of para-hydroxylation sites is 1. The highest BCUT2D eigenvalue weighted by atomic mass is 35.5. The summed E-state index contributed by atoms with van der Waals surface area (Å²) < 4.78 is 0. The summed E-state index contributed by atoms with van der Waals surface area (Å²) in [6.07, 6.45) is 2.34. The van der Waals surface area contributed by atoms with Crippen molar-refractivity contribution < 1.29 is 5.11 Å². The van der Waals surface area contributed by atoms with Crippen LogP contribution in [0.5, 0.6) is 5.75 Å². The van der Waals surface area contributed by atoms with Gasteiger partial charge in [-0.1, -0.05) is 18.2 Å². The van der Waals surface area contributed by atoms with Gasteiger partial charge in [-0.2, -0.15) is 0 Å². The molecule has 0 radical (unpaired) electrons. The molecule has 0 spiro atoms. The molecule has 0 saturated carbocycles. The van der Waals surface area contributed by atoms with E-state index in [2.05, 4.69) is 5.32 Å². The van der Waals surface area contributed by atoms with Crippen LogP contribution in [0.25, 0.3) is 0 Å². The average Bonchev–Trinajstić information content (AvgIpc) is 2.62. The fourth-order valence-electron chi connectivity index (χ4n) is 1.91. The van der Waals surface area contributed by atoms with E-state index in [1.807, 2.05) is 25.1 Å². The molecule has 1 saturated heterocycles. The van der Waals surface area contributed by atoms with Crippen molar-refractivity contribution in [1.29, 1.82) is 0 Å². The summed E-state index contributed by atoms with van der Waals surface area (Å²) in [6.45, 7) is 3.01. The van der Waals surface area contributed by atoms with E-state index in [-0.39, 0.29) is 12.4 Å². The van der Waals surface area contributed by atoms with E-state index >= 15 is 0 Å². The van der Waals surface area contributed by atoms with Crippen molar-refractivity contribution >= 4 is 12.4 Å². The van der Waals surface area contributed by atoms with E-state index in [1.165, 1.54) is 6.42 Å². The second-order valence-corrected chi connectivity index (χ2v) is 3.66. The van der Waals surface area contributed by atoms with Gasteiger partial charge < -0.3 is 10.4 Å². The van der Waals surface area contributed by atoms with Crippen LogP contribution in [-0.2, 0) is 0 Å². The minimum absolute atomic E-state index is 0. The van der Waals surface area contributed by atoms with Crippen LogP contribution in [0.3, 0.4) is 0 Å². The minimum Gasteiger partial charge on any atom is -0.507 e. The number of phenols is 1. The van der Waals surface area contributed by atoms with Crippen LogP contribution < -0.4 is 5.32 Å². The molecule has 0 aromatic heterocycles. The van der Waals surface area contributed by atoms with Crippen LogP contribution in [0.4, 0.5) is 0 Å². The number of benzene rings is 1. The Morgan fingerprint density at radius 2 is 2.21 bits per heavy atom. The van der Waals surface area contributed by atoms with Crippen LogP contribution in [0.1, 0.15) is 30.0 Å². The smallest absolute Gasteiger partial charge is 0.123 e. The molecule has 2 rings (SSSR count). The summed E-state index contributed by atoms with van der Waals surface area (Å²) in [5.74, 6) is 0.460. The molecule has 0 amide bonds. The molecule has 0 bridgehead atoms. The number of nitrogens with one attached hydrogen (secondary N) is 1. The Balaban J connectivity index is 0.000000980. The lowest BCUT2D eigenvalue weighted by atomic mass is 10.0. The third kappa shape index (κ3) is 2.02. The molecule has 3 heteroatoms. The van der Waals surface area contributed by atoms with Gasteiger partial charge in [-0.3, -0.25) is 0 Å². The number of hydrogen-bond acceptors (Lipinski definition) is 2. The number of phenolic OH excluding ortho intramolecular Hbond substituents is 1. The van der Waals surface area contributed by atoms with Gasteiger partial charge in [0.15, 0.2) is 0 Å². The summed E-state index contributed by atoms with van der Waals surface area (Å²) in [5.41, 5.74) is 2.02. The largest absolute Gasteiger partial charge is 0.507 e. The predicted octanol–water partition coefficient (Wildman–Crippen LogP) is 2.55. The van der Waals surface area contributed by atoms with Crippen molar-refractivity contribution in [3.05, 3.63) is 29.3 Å². The van der Waals surface area contributed by atoms with Gasteiger partial charge in [0.2, 0.25) is 0 Å². The number of aryl methyl sites for hydroxylation is 1. The first kappa shape index (κ1) is 11.3. The normalized spacial score (nSPS) is 20.5. The van der Waals surface area contributed by atoms with Gasteiger partial charge >= 0.3 is 0 Å². The molecule has 1 aliphatic heterocycles. The van der Waals surface area contributed by atoms with E-state index in [1.54, 1.807) is 0 Å². The standard InChI is InChI=1S/C11H15NO.ClH/c1-8-4-2-5-9(11(8)13)10-6-3-7-12-10;/h2,4-5,10,12-13H,3,6-7H2,1H3;1H/t10-;/m0./s1. The SMILES string of the molecule is Cc1cccc([C@@H]2CCCN2)c1O.Cl. The van der Waals surface area contributed by atoms with Crippen molar-refractivity contribution in [3.63, 3.8) is 0 Å². The zero-order chi connectivity index (χ0) is 9.26. The Hall–Kier alpha value is -0.730. The Bertz CT molecular complexity index is 308. The monoisotopic (exact) mass is 213 g/mol. The topological polar surface area (TPSA) is 32.3 Å². The van der Waals surface area contributed by atoms with E-state index in [4.69, 9.17) is 0 Å². The summed E-state index contributed by atoms with van der Waals surface area (Å²) in [5, 5.41) is 13.2. The van der Waals surface area contributed by atoms with Crippen molar-refractivity contribution in [2.75, 3.05) is 6.54 Å². The molecule has 1 fully saturated rings. The minimum atomic E-state index is 0. The van der Waals surface area contributed by atoms with Gasteiger partial charge in [0, 0.05) is 11.6 Å². The molecule has 1 atom stereocenters. The molecule has 1 heterocycles. The summed E-state index contributed by atoms with van der Waals surface area (Å²) >= 11 is 0. The van der Waals surface area contributed by atoms with Crippen LogP contribution >= 0.6 is 12.4 Å². The second-order valence-electron chi connectivity index (χ2n) is 3.66.